The summed E-state index contributed by atoms with van der Waals surface area (Å²) in [4.78, 5) is 0. The molecule has 19 heavy (non-hydrogen) atoms. The van der Waals surface area contributed by atoms with E-state index in [4.69, 9.17) is 0 Å². The Hall–Kier alpha value is 0.586. The molecule has 6 nitrogen and oxygen atoms in total. The molecule has 0 bridgehead atoms. The second-order valence-electron chi connectivity index (χ2n) is 3.94. The Morgan fingerprint density at radius 2 is 0.947 bits per heavy atom. The van der Waals surface area contributed by atoms with Crippen LogP contribution in [0.5, 0.6) is 0 Å². The molecule has 0 radical (unpaired) electrons. The zero-order chi connectivity index (χ0) is 14.7. The number of hydrogen-bond donors (Lipinski definition) is 0. The van der Waals surface area contributed by atoms with Gasteiger partial charge in [0.05, 0.1) is 20.2 Å². The third-order valence-corrected chi connectivity index (χ3v) is 3.57. The normalized spacial score (nSPS) is 11.2. The smallest absolute Gasteiger partial charge is 0.748 e. The molecule has 0 aliphatic heterocycles. The number of hydrogen-bond acceptors (Lipinski definition) is 6. The van der Waals surface area contributed by atoms with Gasteiger partial charge >= 0.3 is 23.1 Å². The Bertz CT molecular complexity index is 339. The van der Waals surface area contributed by atoms with Gasteiger partial charge in [0.2, 0.25) is 0 Å². The summed E-state index contributed by atoms with van der Waals surface area (Å²) in [6.07, 6.45) is 4.53. The van der Waals surface area contributed by atoms with E-state index in [0.29, 0.717) is 12.8 Å². The van der Waals surface area contributed by atoms with Crippen molar-refractivity contribution >= 4 is 43.3 Å². The molecule has 0 atom stereocenters. The molecule has 0 aromatic rings. The monoisotopic (exact) mass is 326 g/mol. The summed E-state index contributed by atoms with van der Waals surface area (Å²) < 4.78 is 59.7. The first kappa shape index (κ1) is 24.6. The van der Waals surface area contributed by atoms with Crippen LogP contribution in [0.2, 0.25) is 0 Å². The molecule has 9 heteroatoms. The van der Waals surface area contributed by atoms with Crippen molar-refractivity contribution in [2.75, 3.05) is 11.5 Å². The van der Waals surface area contributed by atoms with Gasteiger partial charge < -0.3 is 9.11 Å². The van der Waals surface area contributed by atoms with E-state index in [2.05, 4.69) is 0 Å². The predicted octanol–water partition coefficient (Wildman–Crippen LogP) is 1.06. The zero-order valence-corrected chi connectivity index (χ0v) is 14.7. The molecule has 0 spiro atoms. The van der Waals surface area contributed by atoms with Crippen LogP contribution in [0.1, 0.15) is 52.4 Å². The van der Waals surface area contributed by atoms with Crippen LogP contribution in [0.4, 0.5) is 0 Å². The van der Waals surface area contributed by atoms with Crippen molar-refractivity contribution in [3.05, 3.63) is 0 Å². The van der Waals surface area contributed by atoms with E-state index in [-0.39, 0.29) is 34.6 Å². The molecule has 112 valence electrons. The molecule has 0 aromatic heterocycles. The molecule has 0 heterocycles. The fourth-order valence-electron chi connectivity index (χ4n) is 1.06. The zero-order valence-electron chi connectivity index (χ0n) is 11.6. The van der Waals surface area contributed by atoms with Gasteiger partial charge in [-0.05, 0) is 12.8 Å². The first-order valence-electron chi connectivity index (χ1n) is 5.99. The Balaban J connectivity index is -0.000000256. The molecular weight excluding hydrogens is 305 g/mol. The van der Waals surface area contributed by atoms with Gasteiger partial charge in [-0.1, -0.05) is 39.5 Å². The Kier molecular flexibility index (Phi) is 17.6. The van der Waals surface area contributed by atoms with Gasteiger partial charge in [0.15, 0.2) is 0 Å². The van der Waals surface area contributed by atoms with E-state index in [9.17, 15) is 25.9 Å². The van der Waals surface area contributed by atoms with Gasteiger partial charge in [-0.25, -0.2) is 16.8 Å². The summed E-state index contributed by atoms with van der Waals surface area (Å²) in [6, 6.07) is 0. The number of rotatable bonds is 8. The summed E-state index contributed by atoms with van der Waals surface area (Å²) in [5.41, 5.74) is 0. The molecule has 0 rings (SSSR count). The molecule has 0 saturated carbocycles. The Morgan fingerprint density at radius 1 is 0.684 bits per heavy atom. The third-order valence-electron chi connectivity index (χ3n) is 2.00. The van der Waals surface area contributed by atoms with E-state index in [1.165, 1.54) is 0 Å². The summed E-state index contributed by atoms with van der Waals surface area (Å²) in [7, 11) is -7.89. The third kappa shape index (κ3) is 32.3. The summed E-state index contributed by atoms with van der Waals surface area (Å²) >= 11 is 0. The Labute approximate surface area is 133 Å². The SMILES string of the molecule is CCCCCS(=O)(=O)[O-].CCCCCS(=O)(=O)[O-].[Mg+2]. The minimum Gasteiger partial charge on any atom is -0.748 e. The van der Waals surface area contributed by atoms with Crippen LogP contribution >= 0.6 is 0 Å². The van der Waals surface area contributed by atoms with Crippen LogP contribution in [0.3, 0.4) is 0 Å². The van der Waals surface area contributed by atoms with Crippen molar-refractivity contribution in [1.29, 1.82) is 0 Å². The van der Waals surface area contributed by atoms with Gasteiger partial charge in [-0.3, -0.25) is 0 Å². The summed E-state index contributed by atoms with van der Waals surface area (Å²) in [5.74, 6) is -0.415. The first-order valence-corrected chi connectivity index (χ1v) is 9.15. The van der Waals surface area contributed by atoms with Gasteiger partial charge in [0, 0.05) is 11.5 Å². The maximum Gasteiger partial charge on any atom is 2.00 e. The molecule has 0 aromatic carbocycles. The van der Waals surface area contributed by atoms with Gasteiger partial charge in [0.1, 0.15) is 0 Å². The van der Waals surface area contributed by atoms with Crippen LogP contribution in [-0.4, -0.2) is 60.5 Å². The first-order chi connectivity index (χ1) is 8.12. The van der Waals surface area contributed by atoms with E-state index < -0.39 is 20.2 Å². The molecule has 0 fully saturated rings. The van der Waals surface area contributed by atoms with Crippen LogP contribution in [0.15, 0.2) is 0 Å². The molecule has 0 amide bonds. The van der Waals surface area contributed by atoms with E-state index >= 15 is 0 Å². The molecule has 0 aliphatic rings. The largest absolute Gasteiger partial charge is 2.00 e. The van der Waals surface area contributed by atoms with Gasteiger partial charge in [-0.2, -0.15) is 0 Å². The average Bonchev–Trinajstić information content (AvgIpc) is 2.16. The standard InChI is InChI=1S/2C5H12O3S.Mg/c2*1-2-3-4-5-9(6,7)8;/h2*2-5H2,1H3,(H,6,7,8);/q;;+2/p-2. The fraction of sp³-hybridized carbons (Fsp3) is 1.00. The second-order valence-corrected chi connectivity index (χ2v) is 6.99. The minimum atomic E-state index is -3.95. The summed E-state index contributed by atoms with van der Waals surface area (Å²) in [6.45, 7) is 3.91. The molecule has 0 unspecified atom stereocenters. The fourth-order valence-corrected chi connectivity index (χ4v) is 2.17. The van der Waals surface area contributed by atoms with Crippen molar-refractivity contribution in [2.24, 2.45) is 0 Å². The van der Waals surface area contributed by atoms with Crippen LogP contribution in [-0.2, 0) is 20.2 Å². The maximum absolute atomic E-state index is 9.95. The van der Waals surface area contributed by atoms with Crippen molar-refractivity contribution in [3.63, 3.8) is 0 Å². The van der Waals surface area contributed by atoms with Crippen molar-refractivity contribution in [2.45, 2.75) is 52.4 Å². The molecule has 0 saturated heterocycles. The van der Waals surface area contributed by atoms with Crippen molar-refractivity contribution in [3.8, 4) is 0 Å². The molecular formula is C10H22MgO6S2. The predicted molar refractivity (Wildman–Crippen MR) is 73.9 cm³/mol. The summed E-state index contributed by atoms with van der Waals surface area (Å²) in [5, 5.41) is 0. The van der Waals surface area contributed by atoms with Gasteiger partial charge in [0.25, 0.3) is 0 Å². The topological polar surface area (TPSA) is 114 Å². The van der Waals surface area contributed by atoms with Crippen LogP contribution in [0, 0.1) is 0 Å². The number of unbranched alkanes of at least 4 members (excludes halogenated alkanes) is 4. The van der Waals surface area contributed by atoms with E-state index in [1.807, 2.05) is 13.8 Å². The van der Waals surface area contributed by atoms with E-state index in [1.54, 1.807) is 0 Å². The maximum atomic E-state index is 9.95. The van der Waals surface area contributed by atoms with Crippen molar-refractivity contribution < 1.29 is 25.9 Å². The quantitative estimate of drug-likeness (QED) is 0.374. The van der Waals surface area contributed by atoms with Gasteiger partial charge in [-0.15, -0.1) is 0 Å². The average molecular weight is 327 g/mol. The second kappa shape index (κ2) is 13.6. The van der Waals surface area contributed by atoms with Crippen LogP contribution in [0.25, 0.3) is 0 Å². The minimum absolute atomic E-state index is 0. The molecule has 0 aliphatic carbocycles. The van der Waals surface area contributed by atoms with Crippen molar-refractivity contribution in [1.82, 2.24) is 0 Å². The van der Waals surface area contributed by atoms with E-state index in [0.717, 1.165) is 25.7 Å². The molecule has 0 N–H and O–H groups in total. The van der Waals surface area contributed by atoms with Crippen LogP contribution < -0.4 is 0 Å². The Morgan fingerprint density at radius 3 is 1.11 bits per heavy atom.